The van der Waals surface area contributed by atoms with Crippen LogP contribution in [0.5, 0.6) is 5.88 Å². The molecule has 1 aliphatic heterocycles. The first-order valence-corrected chi connectivity index (χ1v) is 9.29. The number of hydrogen-bond donors (Lipinski definition) is 2. The van der Waals surface area contributed by atoms with Crippen LogP contribution in [0.3, 0.4) is 0 Å². The molecule has 0 spiro atoms. The number of alkyl halides is 1. The van der Waals surface area contributed by atoms with Gasteiger partial charge in [-0.05, 0) is 54.3 Å². The molecule has 6 nitrogen and oxygen atoms in total. The number of nitrogens with one attached hydrogen (secondary N) is 2. The molecule has 0 bridgehead atoms. The van der Waals surface area contributed by atoms with Gasteiger partial charge < -0.3 is 15.4 Å². The monoisotopic (exact) mass is 385 g/mol. The maximum atomic E-state index is 14.0. The van der Waals surface area contributed by atoms with Gasteiger partial charge in [0.25, 0.3) is 5.91 Å². The molecule has 1 aliphatic rings. The van der Waals surface area contributed by atoms with E-state index in [0.29, 0.717) is 17.9 Å². The summed E-state index contributed by atoms with van der Waals surface area (Å²) in [5, 5.41) is 7.19. The number of hydrogen-bond acceptors (Lipinski definition) is 5. The highest BCUT2D eigenvalue weighted by Crippen LogP contribution is 2.30. The highest BCUT2D eigenvalue weighted by Gasteiger charge is 2.41. The maximum Gasteiger partial charge on any atom is 0.255 e. The summed E-state index contributed by atoms with van der Waals surface area (Å²) in [5.74, 6) is -0.613. The van der Waals surface area contributed by atoms with E-state index in [4.69, 9.17) is 4.74 Å². The van der Waals surface area contributed by atoms with E-state index >= 15 is 0 Å². The number of ether oxygens (including phenoxy) is 1. The van der Waals surface area contributed by atoms with Gasteiger partial charge in [-0.25, -0.2) is 9.37 Å². The van der Waals surface area contributed by atoms with Crippen LogP contribution in [-0.4, -0.2) is 43.0 Å². The molecular formula is C21H24FN3O3. The average Bonchev–Trinajstić information content (AvgIpc) is 2.98. The summed E-state index contributed by atoms with van der Waals surface area (Å²) in [7, 11) is 1.79. The molecule has 1 aromatic heterocycles. The molecule has 0 aliphatic carbocycles. The molecule has 2 N–H and O–H groups in total. The van der Waals surface area contributed by atoms with Crippen LogP contribution in [-0.2, 0) is 4.79 Å². The Balaban J connectivity index is 1.93. The van der Waals surface area contributed by atoms with Crippen molar-refractivity contribution in [2.45, 2.75) is 32.5 Å². The number of aldehydes is 1. The standard InChI is InChI=1S/C21H24FN3O3/c1-4-15-18(25-20(27)19(15)22)11-28-21-17-8-16(12(2)9-23-3)14(10-26)7-13(17)5-6-24-21/h5-10,15,18-19,23H,4,11H2,1-3H3,(H,25,27)/b12-9-. The summed E-state index contributed by atoms with van der Waals surface area (Å²) in [5.41, 5.74) is 2.25. The fourth-order valence-electron chi connectivity index (χ4n) is 3.65. The first-order chi connectivity index (χ1) is 13.5. The molecule has 3 unspecified atom stereocenters. The zero-order valence-corrected chi connectivity index (χ0v) is 16.2. The second-order valence-corrected chi connectivity index (χ2v) is 6.91. The lowest BCUT2D eigenvalue weighted by atomic mass is 9.96. The van der Waals surface area contributed by atoms with Crippen molar-refractivity contribution >= 4 is 28.5 Å². The lowest BCUT2D eigenvalue weighted by molar-refractivity contribution is -0.123. The lowest BCUT2D eigenvalue weighted by Gasteiger charge is -2.19. The molecule has 1 aromatic carbocycles. The van der Waals surface area contributed by atoms with Crippen molar-refractivity contribution in [1.82, 2.24) is 15.6 Å². The van der Waals surface area contributed by atoms with E-state index in [9.17, 15) is 14.0 Å². The SMILES string of the molecule is CCC1C(COc2nccc3cc(C=O)c(/C(C)=C\NC)cc23)NC(=O)C1F. The normalized spacial score (nSPS) is 22.2. The Hall–Kier alpha value is -2.96. The molecule has 0 saturated carbocycles. The predicted octanol–water partition coefficient (Wildman–Crippen LogP) is 2.87. The van der Waals surface area contributed by atoms with Crippen LogP contribution in [0.15, 0.2) is 30.6 Å². The Kier molecular flexibility index (Phi) is 5.92. The number of amides is 1. The van der Waals surface area contributed by atoms with Crippen molar-refractivity contribution in [3.63, 3.8) is 0 Å². The van der Waals surface area contributed by atoms with E-state index in [1.165, 1.54) is 0 Å². The molecule has 3 rings (SSSR count). The Bertz CT molecular complexity index is 928. The van der Waals surface area contributed by atoms with Gasteiger partial charge in [0, 0.05) is 30.1 Å². The topological polar surface area (TPSA) is 80.3 Å². The second kappa shape index (κ2) is 8.37. The van der Waals surface area contributed by atoms with Gasteiger partial charge >= 0.3 is 0 Å². The van der Waals surface area contributed by atoms with Crippen LogP contribution in [0.25, 0.3) is 16.3 Å². The van der Waals surface area contributed by atoms with Crippen molar-refractivity contribution in [3.05, 3.63) is 41.7 Å². The number of fused-ring (bicyclic) bond motifs is 1. The molecule has 3 atom stereocenters. The molecule has 28 heavy (non-hydrogen) atoms. The van der Waals surface area contributed by atoms with E-state index in [0.717, 1.165) is 28.2 Å². The predicted molar refractivity (Wildman–Crippen MR) is 106 cm³/mol. The van der Waals surface area contributed by atoms with Crippen molar-refractivity contribution in [1.29, 1.82) is 0 Å². The van der Waals surface area contributed by atoms with Crippen LogP contribution in [0, 0.1) is 5.92 Å². The van der Waals surface area contributed by atoms with Crippen molar-refractivity contribution < 1.29 is 18.7 Å². The number of halogens is 1. The highest BCUT2D eigenvalue weighted by atomic mass is 19.1. The Morgan fingerprint density at radius 1 is 1.43 bits per heavy atom. The summed E-state index contributed by atoms with van der Waals surface area (Å²) in [6.45, 7) is 3.89. The summed E-state index contributed by atoms with van der Waals surface area (Å²) >= 11 is 0. The number of benzene rings is 1. The van der Waals surface area contributed by atoms with Gasteiger partial charge in [0.05, 0.1) is 6.04 Å². The van der Waals surface area contributed by atoms with E-state index in [-0.39, 0.29) is 6.61 Å². The number of rotatable bonds is 7. The van der Waals surface area contributed by atoms with Gasteiger partial charge in [0.15, 0.2) is 12.5 Å². The smallest absolute Gasteiger partial charge is 0.255 e. The Morgan fingerprint density at radius 2 is 2.21 bits per heavy atom. The largest absolute Gasteiger partial charge is 0.475 e. The molecule has 1 fully saturated rings. The molecule has 7 heteroatoms. The number of allylic oxidation sites excluding steroid dienone is 1. The van der Waals surface area contributed by atoms with Crippen LogP contribution in [0.1, 0.15) is 36.2 Å². The molecule has 148 valence electrons. The van der Waals surface area contributed by atoms with Gasteiger partial charge in [-0.3, -0.25) is 9.59 Å². The summed E-state index contributed by atoms with van der Waals surface area (Å²) in [6, 6.07) is 5.07. The van der Waals surface area contributed by atoms with Crippen LogP contribution in [0.4, 0.5) is 4.39 Å². The number of carbonyl (C=O) groups excluding carboxylic acids is 2. The van der Waals surface area contributed by atoms with Crippen LogP contribution < -0.4 is 15.4 Å². The number of aromatic nitrogens is 1. The Morgan fingerprint density at radius 3 is 2.89 bits per heavy atom. The van der Waals surface area contributed by atoms with Crippen LogP contribution >= 0.6 is 0 Å². The lowest BCUT2D eigenvalue weighted by Crippen LogP contribution is -2.34. The van der Waals surface area contributed by atoms with Gasteiger partial charge in [-0.15, -0.1) is 0 Å². The minimum Gasteiger partial charge on any atom is -0.475 e. The minimum absolute atomic E-state index is 0.132. The second-order valence-electron chi connectivity index (χ2n) is 6.91. The van der Waals surface area contributed by atoms with Gasteiger partial charge in [-0.1, -0.05) is 6.92 Å². The van der Waals surface area contributed by atoms with Gasteiger partial charge in [0.1, 0.15) is 6.61 Å². The third-order valence-electron chi connectivity index (χ3n) is 5.15. The van der Waals surface area contributed by atoms with Gasteiger partial charge in [0.2, 0.25) is 5.88 Å². The van der Waals surface area contributed by atoms with E-state index < -0.39 is 24.0 Å². The molecule has 1 saturated heterocycles. The first kappa shape index (κ1) is 19.8. The quantitative estimate of drug-likeness (QED) is 0.717. The third-order valence-corrected chi connectivity index (χ3v) is 5.15. The van der Waals surface area contributed by atoms with Crippen LogP contribution in [0.2, 0.25) is 0 Å². The molecule has 1 amide bonds. The number of nitrogens with zero attached hydrogens (tertiary/aromatic N) is 1. The maximum absolute atomic E-state index is 14.0. The Labute approximate surface area is 163 Å². The number of carbonyl (C=O) groups is 2. The number of pyridine rings is 1. The minimum atomic E-state index is -1.50. The fraction of sp³-hybridized carbons (Fsp3) is 0.381. The molecule has 2 heterocycles. The molecule has 2 aromatic rings. The summed E-state index contributed by atoms with van der Waals surface area (Å²) in [4.78, 5) is 27.5. The van der Waals surface area contributed by atoms with Crippen molar-refractivity contribution in [3.8, 4) is 5.88 Å². The fourth-order valence-corrected chi connectivity index (χ4v) is 3.65. The third kappa shape index (κ3) is 3.69. The van der Waals surface area contributed by atoms with E-state index in [1.54, 1.807) is 25.4 Å². The van der Waals surface area contributed by atoms with E-state index in [1.807, 2.05) is 26.1 Å². The van der Waals surface area contributed by atoms with Crippen molar-refractivity contribution in [2.24, 2.45) is 5.92 Å². The first-order valence-electron chi connectivity index (χ1n) is 9.29. The highest BCUT2D eigenvalue weighted by molar-refractivity contribution is 5.97. The zero-order chi connectivity index (χ0) is 20.3. The molecular weight excluding hydrogens is 361 g/mol. The summed E-state index contributed by atoms with van der Waals surface area (Å²) in [6.07, 6.45) is 3.27. The molecule has 0 radical (unpaired) electrons. The van der Waals surface area contributed by atoms with Crippen molar-refractivity contribution in [2.75, 3.05) is 13.7 Å². The zero-order valence-electron chi connectivity index (χ0n) is 16.2. The van der Waals surface area contributed by atoms with E-state index in [2.05, 4.69) is 15.6 Å². The van der Waals surface area contributed by atoms with Gasteiger partial charge in [-0.2, -0.15) is 0 Å². The average molecular weight is 385 g/mol. The summed E-state index contributed by atoms with van der Waals surface area (Å²) < 4.78 is 19.9.